The molecular formula is C16H20N4O. The van der Waals surface area contributed by atoms with Crippen molar-refractivity contribution in [3.05, 3.63) is 46.8 Å². The van der Waals surface area contributed by atoms with Crippen molar-refractivity contribution in [2.45, 2.75) is 32.7 Å². The van der Waals surface area contributed by atoms with Crippen LogP contribution in [0.25, 0.3) is 0 Å². The van der Waals surface area contributed by atoms with Crippen LogP contribution < -0.4 is 5.73 Å². The summed E-state index contributed by atoms with van der Waals surface area (Å²) in [5, 5.41) is 6.96. The largest absolute Gasteiger partial charge is 0.395 e. The van der Waals surface area contributed by atoms with Crippen LogP contribution in [0, 0.1) is 0 Å². The summed E-state index contributed by atoms with van der Waals surface area (Å²) in [6.45, 7) is 3.35. The number of aromatic nitrogens is 2. The second-order valence-electron chi connectivity index (χ2n) is 5.42. The van der Waals surface area contributed by atoms with Gasteiger partial charge < -0.3 is 10.6 Å². The number of anilines is 1. The van der Waals surface area contributed by atoms with E-state index >= 15 is 0 Å². The Morgan fingerprint density at radius 3 is 2.86 bits per heavy atom. The van der Waals surface area contributed by atoms with Gasteiger partial charge >= 0.3 is 0 Å². The molecule has 1 aliphatic heterocycles. The van der Waals surface area contributed by atoms with Crippen molar-refractivity contribution in [2.75, 3.05) is 12.3 Å². The zero-order valence-electron chi connectivity index (χ0n) is 12.2. The molecule has 0 unspecified atom stereocenters. The normalized spacial score (nSPS) is 14.6. The number of carbonyl (C=O) groups excluding carboxylic acids is 1. The highest BCUT2D eigenvalue weighted by Gasteiger charge is 2.24. The van der Waals surface area contributed by atoms with Crippen molar-refractivity contribution in [3.8, 4) is 0 Å². The monoisotopic (exact) mass is 284 g/mol. The van der Waals surface area contributed by atoms with Crippen molar-refractivity contribution in [3.63, 3.8) is 0 Å². The number of nitrogens with one attached hydrogen (secondary N) is 1. The number of aryl methyl sites for hydroxylation is 2. The molecule has 5 nitrogen and oxygen atoms in total. The Bertz CT molecular complexity index is 662. The van der Waals surface area contributed by atoms with Crippen LogP contribution in [0.4, 0.5) is 5.69 Å². The van der Waals surface area contributed by atoms with E-state index in [1.165, 1.54) is 11.1 Å². The molecule has 110 valence electrons. The van der Waals surface area contributed by atoms with Crippen LogP contribution in [0.5, 0.6) is 0 Å². The number of hydrogen-bond acceptors (Lipinski definition) is 3. The summed E-state index contributed by atoms with van der Waals surface area (Å²) in [6, 6.07) is 8.30. The standard InChI is InChI=1S/C16H20N4O/c1-2-13-14(17)15(19-18-13)16(21)20-9-5-8-11-6-3-4-7-12(11)10-20/h3-4,6-7H,2,5,8-10,17H2,1H3,(H,18,19). The molecular weight excluding hydrogens is 264 g/mol. The smallest absolute Gasteiger partial charge is 0.276 e. The van der Waals surface area contributed by atoms with Gasteiger partial charge in [0, 0.05) is 13.1 Å². The van der Waals surface area contributed by atoms with E-state index in [1.54, 1.807) is 0 Å². The third kappa shape index (κ3) is 2.51. The third-order valence-electron chi connectivity index (χ3n) is 4.08. The van der Waals surface area contributed by atoms with E-state index < -0.39 is 0 Å². The molecule has 1 aromatic carbocycles. The number of nitrogens with zero attached hydrogens (tertiary/aromatic N) is 2. The van der Waals surface area contributed by atoms with E-state index in [1.807, 2.05) is 17.9 Å². The van der Waals surface area contributed by atoms with Gasteiger partial charge in [-0.15, -0.1) is 0 Å². The molecule has 0 saturated carbocycles. The highest BCUT2D eigenvalue weighted by Crippen LogP contribution is 2.22. The lowest BCUT2D eigenvalue weighted by atomic mass is 10.0. The summed E-state index contributed by atoms with van der Waals surface area (Å²) < 4.78 is 0. The number of fused-ring (bicyclic) bond motifs is 1. The molecule has 0 bridgehead atoms. The van der Waals surface area contributed by atoms with Crippen molar-refractivity contribution in [1.82, 2.24) is 15.1 Å². The molecule has 1 aromatic heterocycles. The molecule has 0 radical (unpaired) electrons. The van der Waals surface area contributed by atoms with E-state index in [0.717, 1.165) is 31.5 Å². The molecule has 0 fully saturated rings. The molecule has 1 aliphatic rings. The van der Waals surface area contributed by atoms with Gasteiger partial charge in [-0.25, -0.2) is 0 Å². The first-order valence-electron chi connectivity index (χ1n) is 7.39. The molecule has 21 heavy (non-hydrogen) atoms. The number of benzene rings is 1. The zero-order chi connectivity index (χ0) is 14.8. The highest BCUT2D eigenvalue weighted by molar-refractivity contribution is 5.97. The Balaban J connectivity index is 1.86. The minimum Gasteiger partial charge on any atom is -0.395 e. The number of amides is 1. The van der Waals surface area contributed by atoms with E-state index in [-0.39, 0.29) is 5.91 Å². The molecule has 0 atom stereocenters. The third-order valence-corrected chi connectivity index (χ3v) is 4.08. The van der Waals surface area contributed by atoms with Gasteiger partial charge in [-0.05, 0) is 30.4 Å². The topological polar surface area (TPSA) is 75.0 Å². The fourth-order valence-electron chi connectivity index (χ4n) is 2.84. The maximum absolute atomic E-state index is 12.7. The minimum absolute atomic E-state index is 0.0832. The fourth-order valence-corrected chi connectivity index (χ4v) is 2.84. The number of H-pyrrole nitrogens is 1. The molecule has 2 heterocycles. The maximum atomic E-state index is 12.7. The Morgan fingerprint density at radius 1 is 1.38 bits per heavy atom. The summed E-state index contributed by atoms with van der Waals surface area (Å²) in [5.74, 6) is -0.0832. The van der Waals surface area contributed by atoms with Gasteiger partial charge in [-0.3, -0.25) is 9.89 Å². The molecule has 2 aromatic rings. The number of rotatable bonds is 2. The number of hydrogen-bond donors (Lipinski definition) is 2. The zero-order valence-corrected chi connectivity index (χ0v) is 12.2. The molecule has 0 saturated heterocycles. The van der Waals surface area contributed by atoms with Gasteiger partial charge in [0.1, 0.15) is 0 Å². The van der Waals surface area contributed by atoms with Crippen LogP contribution in [0.2, 0.25) is 0 Å². The van der Waals surface area contributed by atoms with Crippen LogP contribution >= 0.6 is 0 Å². The fraction of sp³-hybridized carbons (Fsp3) is 0.375. The van der Waals surface area contributed by atoms with Gasteiger partial charge in [-0.1, -0.05) is 31.2 Å². The molecule has 3 N–H and O–H groups in total. The van der Waals surface area contributed by atoms with Crippen LogP contribution in [0.3, 0.4) is 0 Å². The average Bonchev–Trinajstić information content (AvgIpc) is 2.74. The van der Waals surface area contributed by atoms with Gasteiger partial charge in [-0.2, -0.15) is 5.10 Å². The predicted molar refractivity (Wildman–Crippen MR) is 81.9 cm³/mol. The van der Waals surface area contributed by atoms with E-state index in [2.05, 4.69) is 28.4 Å². The summed E-state index contributed by atoms with van der Waals surface area (Å²) in [7, 11) is 0. The van der Waals surface area contributed by atoms with Gasteiger partial charge in [0.25, 0.3) is 5.91 Å². The summed E-state index contributed by atoms with van der Waals surface area (Å²) >= 11 is 0. The Kier molecular flexibility index (Phi) is 3.64. The number of nitrogens with two attached hydrogens (primary N) is 1. The Morgan fingerprint density at radius 2 is 2.14 bits per heavy atom. The van der Waals surface area contributed by atoms with E-state index in [0.29, 0.717) is 17.9 Å². The quantitative estimate of drug-likeness (QED) is 0.887. The van der Waals surface area contributed by atoms with E-state index in [4.69, 9.17) is 5.73 Å². The number of aromatic amines is 1. The van der Waals surface area contributed by atoms with Gasteiger partial charge in [0.2, 0.25) is 0 Å². The lowest BCUT2D eigenvalue weighted by molar-refractivity contribution is 0.0741. The average molecular weight is 284 g/mol. The SMILES string of the molecule is CCc1[nH]nc(C(=O)N2CCCc3ccccc3C2)c1N. The van der Waals surface area contributed by atoms with Crippen LogP contribution in [-0.4, -0.2) is 27.5 Å². The molecule has 3 rings (SSSR count). The van der Waals surface area contributed by atoms with Crippen molar-refractivity contribution in [2.24, 2.45) is 0 Å². The molecule has 5 heteroatoms. The first-order chi connectivity index (χ1) is 10.2. The van der Waals surface area contributed by atoms with E-state index in [9.17, 15) is 4.79 Å². The first-order valence-corrected chi connectivity index (χ1v) is 7.39. The van der Waals surface area contributed by atoms with Crippen LogP contribution in [0.15, 0.2) is 24.3 Å². The van der Waals surface area contributed by atoms with Gasteiger partial charge in [0.15, 0.2) is 5.69 Å². The summed E-state index contributed by atoms with van der Waals surface area (Å²) in [4.78, 5) is 14.5. The molecule has 0 aliphatic carbocycles. The maximum Gasteiger partial charge on any atom is 0.276 e. The van der Waals surface area contributed by atoms with Crippen LogP contribution in [-0.2, 0) is 19.4 Å². The number of nitrogen functional groups attached to an aromatic ring is 1. The molecule has 1 amide bonds. The first kappa shape index (κ1) is 13.7. The second-order valence-corrected chi connectivity index (χ2v) is 5.42. The lowest BCUT2D eigenvalue weighted by Crippen LogP contribution is -2.31. The van der Waals surface area contributed by atoms with Gasteiger partial charge in [0.05, 0.1) is 11.4 Å². The predicted octanol–water partition coefficient (Wildman–Crippen LogP) is 2.14. The molecule has 0 spiro atoms. The summed E-state index contributed by atoms with van der Waals surface area (Å²) in [6.07, 6.45) is 2.72. The minimum atomic E-state index is -0.0832. The highest BCUT2D eigenvalue weighted by atomic mass is 16.2. The van der Waals surface area contributed by atoms with Crippen molar-refractivity contribution >= 4 is 11.6 Å². The van der Waals surface area contributed by atoms with Crippen molar-refractivity contribution < 1.29 is 4.79 Å². The Labute approximate surface area is 124 Å². The second kappa shape index (κ2) is 5.60. The Hall–Kier alpha value is -2.30. The lowest BCUT2D eigenvalue weighted by Gasteiger charge is -2.20. The summed E-state index contributed by atoms with van der Waals surface area (Å²) in [5.41, 5.74) is 10.2. The van der Waals surface area contributed by atoms with Crippen molar-refractivity contribution in [1.29, 1.82) is 0 Å². The van der Waals surface area contributed by atoms with Crippen LogP contribution in [0.1, 0.15) is 40.7 Å². The number of carbonyl (C=O) groups is 1.